The fourth-order valence-electron chi connectivity index (χ4n) is 2.61. The minimum atomic E-state index is 0.127. The van der Waals surface area contributed by atoms with Crippen molar-refractivity contribution < 1.29 is 10.2 Å². The lowest BCUT2D eigenvalue weighted by Crippen LogP contribution is -2.30. The van der Waals surface area contributed by atoms with Gasteiger partial charge in [-0.1, -0.05) is 12.5 Å². The molecule has 16 heavy (non-hydrogen) atoms. The van der Waals surface area contributed by atoms with Gasteiger partial charge in [-0.15, -0.1) is 0 Å². The molecule has 2 unspecified atom stereocenters. The smallest absolute Gasteiger partial charge is 0.122 e. The zero-order valence-electron chi connectivity index (χ0n) is 9.61. The van der Waals surface area contributed by atoms with E-state index in [9.17, 15) is 10.2 Å². The van der Waals surface area contributed by atoms with Gasteiger partial charge < -0.3 is 15.5 Å². The molecular formula is C13H19NO2. The molecule has 88 valence electrons. The molecule has 0 bridgehead atoms. The number of phenolic OH excluding ortho intramolecular Hbond substituents is 2. The van der Waals surface area contributed by atoms with Crippen molar-refractivity contribution in [1.82, 2.24) is 5.32 Å². The maximum absolute atomic E-state index is 9.82. The van der Waals surface area contributed by atoms with E-state index in [1.165, 1.54) is 18.9 Å². The number of benzene rings is 1. The predicted molar refractivity (Wildman–Crippen MR) is 63.8 cm³/mol. The summed E-state index contributed by atoms with van der Waals surface area (Å²) in [5, 5.41) is 22.4. The number of phenols is 2. The summed E-state index contributed by atoms with van der Waals surface area (Å²) >= 11 is 0. The third kappa shape index (κ3) is 2.30. The molecule has 3 heteroatoms. The fraction of sp³-hybridized carbons (Fsp3) is 0.538. The summed E-state index contributed by atoms with van der Waals surface area (Å²) in [6.45, 7) is 0. The molecule has 0 saturated heterocycles. The van der Waals surface area contributed by atoms with Crippen molar-refractivity contribution in [2.75, 3.05) is 7.05 Å². The summed E-state index contributed by atoms with van der Waals surface area (Å²) in [7, 11) is 1.99. The summed E-state index contributed by atoms with van der Waals surface area (Å²) in [6, 6.07) is 5.47. The molecule has 1 aromatic carbocycles. The van der Waals surface area contributed by atoms with Crippen molar-refractivity contribution in [3.63, 3.8) is 0 Å². The van der Waals surface area contributed by atoms with Crippen LogP contribution in [0.3, 0.4) is 0 Å². The van der Waals surface area contributed by atoms with E-state index in [0.717, 1.165) is 18.4 Å². The monoisotopic (exact) mass is 221 g/mol. The van der Waals surface area contributed by atoms with Crippen LogP contribution in [0.4, 0.5) is 0 Å². The van der Waals surface area contributed by atoms with Gasteiger partial charge in [-0.3, -0.25) is 0 Å². The topological polar surface area (TPSA) is 52.5 Å². The van der Waals surface area contributed by atoms with Crippen LogP contribution >= 0.6 is 0 Å². The Bertz CT molecular complexity index is 365. The molecule has 1 aliphatic rings. The Morgan fingerprint density at radius 1 is 1.25 bits per heavy atom. The summed E-state index contributed by atoms with van der Waals surface area (Å²) in [6.07, 6.45) is 4.59. The van der Waals surface area contributed by atoms with Crippen LogP contribution in [0.1, 0.15) is 37.2 Å². The van der Waals surface area contributed by atoms with E-state index in [1.54, 1.807) is 6.07 Å². The molecule has 0 amide bonds. The summed E-state index contributed by atoms with van der Waals surface area (Å²) in [4.78, 5) is 0. The van der Waals surface area contributed by atoms with Gasteiger partial charge in [0.1, 0.15) is 11.5 Å². The lowest BCUT2D eigenvalue weighted by Gasteiger charge is -2.29. The highest BCUT2D eigenvalue weighted by Gasteiger charge is 2.24. The molecule has 1 saturated carbocycles. The van der Waals surface area contributed by atoms with Crippen LogP contribution in [-0.2, 0) is 0 Å². The number of rotatable bonds is 2. The first-order valence-corrected chi connectivity index (χ1v) is 5.90. The Morgan fingerprint density at radius 3 is 2.75 bits per heavy atom. The third-order valence-corrected chi connectivity index (χ3v) is 3.54. The van der Waals surface area contributed by atoms with E-state index in [4.69, 9.17) is 0 Å². The quantitative estimate of drug-likeness (QED) is 0.718. The van der Waals surface area contributed by atoms with Gasteiger partial charge in [-0.2, -0.15) is 0 Å². The first-order valence-electron chi connectivity index (χ1n) is 5.90. The average molecular weight is 221 g/mol. The fourth-order valence-corrected chi connectivity index (χ4v) is 2.61. The third-order valence-electron chi connectivity index (χ3n) is 3.54. The van der Waals surface area contributed by atoms with Crippen molar-refractivity contribution >= 4 is 0 Å². The second kappa shape index (κ2) is 4.74. The molecular weight excluding hydrogens is 202 g/mol. The molecule has 0 heterocycles. The maximum Gasteiger partial charge on any atom is 0.122 e. The first kappa shape index (κ1) is 11.3. The van der Waals surface area contributed by atoms with Gasteiger partial charge >= 0.3 is 0 Å². The summed E-state index contributed by atoms with van der Waals surface area (Å²) in [5.41, 5.74) is 0.970. The van der Waals surface area contributed by atoms with Crippen LogP contribution in [0, 0.1) is 0 Å². The van der Waals surface area contributed by atoms with Crippen LogP contribution in [0.5, 0.6) is 11.5 Å². The summed E-state index contributed by atoms with van der Waals surface area (Å²) in [5.74, 6) is 0.760. The Balaban J connectivity index is 2.16. The van der Waals surface area contributed by atoms with Crippen LogP contribution in [0.15, 0.2) is 18.2 Å². The highest BCUT2D eigenvalue weighted by atomic mass is 16.3. The van der Waals surface area contributed by atoms with Gasteiger partial charge in [0.25, 0.3) is 0 Å². The predicted octanol–water partition coefficient (Wildman–Crippen LogP) is 2.34. The van der Waals surface area contributed by atoms with Gasteiger partial charge in [0.05, 0.1) is 0 Å². The highest BCUT2D eigenvalue weighted by molar-refractivity contribution is 5.41. The van der Waals surface area contributed by atoms with E-state index in [1.807, 2.05) is 13.1 Å². The van der Waals surface area contributed by atoms with Crippen molar-refractivity contribution in [3.8, 4) is 11.5 Å². The van der Waals surface area contributed by atoms with Crippen LogP contribution in [0.25, 0.3) is 0 Å². The van der Waals surface area contributed by atoms with E-state index in [2.05, 4.69) is 5.32 Å². The zero-order valence-corrected chi connectivity index (χ0v) is 9.61. The van der Waals surface area contributed by atoms with E-state index in [0.29, 0.717) is 12.0 Å². The number of hydrogen-bond acceptors (Lipinski definition) is 3. The molecule has 0 aliphatic heterocycles. The van der Waals surface area contributed by atoms with E-state index < -0.39 is 0 Å². The molecule has 0 spiro atoms. The normalized spacial score (nSPS) is 25.6. The Hall–Kier alpha value is -1.22. The summed E-state index contributed by atoms with van der Waals surface area (Å²) < 4.78 is 0. The van der Waals surface area contributed by atoms with Crippen LogP contribution in [-0.4, -0.2) is 23.3 Å². The number of aromatic hydroxyl groups is 2. The van der Waals surface area contributed by atoms with Crippen molar-refractivity contribution in [2.24, 2.45) is 0 Å². The SMILES string of the molecule is CNC1CCCC(c2ccc(O)cc2O)C1. The maximum atomic E-state index is 9.82. The first-order chi connectivity index (χ1) is 7.70. The molecule has 3 N–H and O–H groups in total. The molecule has 2 atom stereocenters. The molecule has 0 radical (unpaired) electrons. The molecule has 0 aromatic heterocycles. The lowest BCUT2D eigenvalue weighted by atomic mass is 9.81. The number of nitrogens with one attached hydrogen (secondary N) is 1. The van der Waals surface area contributed by atoms with Gasteiger partial charge in [0, 0.05) is 12.1 Å². The minimum absolute atomic E-state index is 0.127. The Kier molecular flexibility index (Phi) is 3.34. The Labute approximate surface area is 96.1 Å². The van der Waals surface area contributed by atoms with Crippen LogP contribution < -0.4 is 5.32 Å². The van der Waals surface area contributed by atoms with E-state index in [-0.39, 0.29) is 11.5 Å². The molecule has 2 rings (SSSR count). The standard InChI is InChI=1S/C13H19NO2/c1-14-10-4-2-3-9(7-10)12-6-5-11(15)8-13(12)16/h5-6,8-10,14-16H,2-4,7H2,1H3. The van der Waals surface area contributed by atoms with Crippen molar-refractivity contribution in [1.29, 1.82) is 0 Å². The minimum Gasteiger partial charge on any atom is -0.508 e. The largest absolute Gasteiger partial charge is 0.508 e. The number of hydrogen-bond donors (Lipinski definition) is 3. The van der Waals surface area contributed by atoms with Gasteiger partial charge in [0.2, 0.25) is 0 Å². The van der Waals surface area contributed by atoms with Crippen LogP contribution in [0.2, 0.25) is 0 Å². The van der Waals surface area contributed by atoms with Gasteiger partial charge in [0.15, 0.2) is 0 Å². The van der Waals surface area contributed by atoms with E-state index >= 15 is 0 Å². The molecule has 3 nitrogen and oxygen atoms in total. The molecule has 1 aliphatic carbocycles. The lowest BCUT2D eigenvalue weighted by molar-refractivity contribution is 0.346. The second-order valence-electron chi connectivity index (χ2n) is 4.59. The van der Waals surface area contributed by atoms with Gasteiger partial charge in [-0.05, 0) is 43.9 Å². The zero-order chi connectivity index (χ0) is 11.5. The van der Waals surface area contributed by atoms with Gasteiger partial charge in [-0.25, -0.2) is 0 Å². The molecule has 1 aromatic rings. The Morgan fingerprint density at radius 2 is 2.06 bits per heavy atom. The average Bonchev–Trinajstić information content (AvgIpc) is 2.29. The second-order valence-corrected chi connectivity index (χ2v) is 4.59. The van der Waals surface area contributed by atoms with Crippen molar-refractivity contribution in [3.05, 3.63) is 23.8 Å². The molecule has 1 fully saturated rings. The van der Waals surface area contributed by atoms with Crippen molar-refractivity contribution in [2.45, 2.75) is 37.6 Å². The highest BCUT2D eigenvalue weighted by Crippen LogP contribution is 2.38.